The van der Waals surface area contributed by atoms with E-state index in [1.807, 2.05) is 0 Å². The van der Waals surface area contributed by atoms with Gasteiger partial charge < -0.3 is 24.4 Å². The molecule has 2 N–H and O–H groups in total. The van der Waals surface area contributed by atoms with E-state index in [1.165, 1.54) is 18.6 Å². The van der Waals surface area contributed by atoms with Crippen LogP contribution in [0.15, 0.2) is 55.0 Å². The zero-order chi connectivity index (χ0) is 36.8. The molecule has 0 aliphatic heterocycles. The lowest BCUT2D eigenvalue weighted by atomic mass is 10.1. The Hall–Kier alpha value is -5.25. The Morgan fingerprint density at radius 3 is 1.33 bits per heavy atom. The number of hydrogen-bond donors (Lipinski definition) is 2. The van der Waals surface area contributed by atoms with Crippen LogP contribution in [-0.4, -0.2) is 74.1 Å². The summed E-state index contributed by atoms with van der Waals surface area (Å²) in [6, 6.07) is 9.54. The molecule has 254 valence electrons. The number of aliphatic hydroxyl groups is 2. The number of halogens is 1. The number of hydrogen-bond acceptors (Lipinski definition) is 11. The van der Waals surface area contributed by atoms with Gasteiger partial charge in [0, 0.05) is 18.6 Å². The summed E-state index contributed by atoms with van der Waals surface area (Å²) < 4.78 is 14.3. The second-order valence-electron chi connectivity index (χ2n) is 10.1. The highest BCUT2D eigenvalue weighted by Crippen LogP contribution is 2.06. The summed E-state index contributed by atoms with van der Waals surface area (Å²) in [5.41, 5.74) is 0.248. The summed E-state index contributed by atoms with van der Waals surface area (Å²) in [4.78, 5) is 45.1. The van der Waals surface area contributed by atoms with Gasteiger partial charge in [-0.2, -0.15) is 0 Å². The SMILES string of the molecule is C#CC(C)(C)O.C#Cc1ccc(C(=O)OCC)cn1.CCOC(=O)c1ccc(C#CC(C)(C)O)nc1.CCOC(=O)c1ccc(Cl)nc1. The second kappa shape index (κ2) is 22.3. The molecule has 48 heavy (non-hydrogen) atoms. The highest BCUT2D eigenvalue weighted by molar-refractivity contribution is 6.29. The van der Waals surface area contributed by atoms with Gasteiger partial charge in [0.2, 0.25) is 0 Å². The first-order chi connectivity index (χ1) is 22.5. The van der Waals surface area contributed by atoms with Gasteiger partial charge in [0.1, 0.15) is 27.7 Å². The smallest absolute Gasteiger partial charge is 0.339 e. The highest BCUT2D eigenvalue weighted by atomic mass is 35.5. The molecule has 3 aromatic heterocycles. The molecule has 3 rings (SSSR count). The van der Waals surface area contributed by atoms with Gasteiger partial charge in [0.15, 0.2) is 0 Å². The van der Waals surface area contributed by atoms with Gasteiger partial charge in [-0.1, -0.05) is 29.4 Å². The van der Waals surface area contributed by atoms with Gasteiger partial charge in [0.05, 0.1) is 36.5 Å². The standard InChI is InChI=1S/C13H15NO3.C10H9NO2.C8H8ClNO2.C5H8O/c1-4-17-12(15)10-5-6-11(14-9-10)7-8-13(2,3)16;1-3-9-6-5-8(7-11-9)10(12)13-4-2;1-2-12-8(11)6-3-4-7(9)10-5-6;1-4-5(2,3)6/h5-6,9,16H,4H2,1-3H3;1,5-7H,4H2,2H3;3-5H,2H2,1H3;1,6H,2-3H3. The van der Waals surface area contributed by atoms with Crippen LogP contribution in [0, 0.1) is 36.5 Å². The summed E-state index contributed by atoms with van der Waals surface area (Å²) in [6.07, 6.45) is 14.1. The summed E-state index contributed by atoms with van der Waals surface area (Å²) >= 11 is 5.53. The van der Waals surface area contributed by atoms with Gasteiger partial charge in [0.25, 0.3) is 0 Å². The number of carbonyl (C=O) groups is 3. The molecule has 0 aliphatic carbocycles. The average molecular weight is 678 g/mol. The molecule has 0 radical (unpaired) electrons. The third-order valence-corrected chi connectivity index (χ3v) is 5.01. The van der Waals surface area contributed by atoms with Gasteiger partial charge in [-0.05, 0) is 90.8 Å². The highest BCUT2D eigenvalue weighted by Gasteiger charge is 2.09. The molecule has 3 aromatic rings. The Bertz CT molecular complexity index is 1580. The minimum absolute atomic E-state index is 0.332. The zero-order valence-corrected chi connectivity index (χ0v) is 28.8. The lowest BCUT2D eigenvalue weighted by Crippen LogP contribution is -2.14. The van der Waals surface area contributed by atoms with Crippen LogP contribution in [0.25, 0.3) is 0 Å². The first-order valence-corrected chi connectivity index (χ1v) is 14.8. The van der Waals surface area contributed by atoms with Crippen molar-refractivity contribution in [3.8, 4) is 36.5 Å². The average Bonchev–Trinajstić information content (AvgIpc) is 3.05. The van der Waals surface area contributed by atoms with Crippen molar-refractivity contribution in [1.29, 1.82) is 0 Å². The predicted octanol–water partition coefficient (Wildman–Crippen LogP) is 4.92. The third kappa shape index (κ3) is 20.0. The van der Waals surface area contributed by atoms with Crippen LogP contribution in [0.2, 0.25) is 5.15 Å². The number of esters is 3. The number of ether oxygens (including phenoxy) is 3. The minimum atomic E-state index is -1.05. The second-order valence-corrected chi connectivity index (χ2v) is 10.4. The zero-order valence-electron chi connectivity index (χ0n) is 28.0. The molecule has 0 saturated heterocycles. The number of aromatic nitrogens is 3. The molecule has 3 heterocycles. The van der Waals surface area contributed by atoms with E-state index in [1.54, 1.807) is 84.9 Å². The topological polar surface area (TPSA) is 158 Å². The molecule has 0 spiro atoms. The fourth-order valence-corrected chi connectivity index (χ4v) is 2.66. The lowest BCUT2D eigenvalue weighted by Gasteiger charge is -2.05. The largest absolute Gasteiger partial charge is 0.462 e. The Morgan fingerprint density at radius 2 is 1.06 bits per heavy atom. The van der Waals surface area contributed by atoms with Crippen LogP contribution >= 0.6 is 11.6 Å². The van der Waals surface area contributed by atoms with E-state index in [-0.39, 0.29) is 11.9 Å². The first kappa shape index (κ1) is 42.8. The van der Waals surface area contributed by atoms with Crippen molar-refractivity contribution in [1.82, 2.24) is 15.0 Å². The summed E-state index contributed by atoms with van der Waals surface area (Å²) in [6.45, 7) is 12.6. The lowest BCUT2D eigenvalue weighted by molar-refractivity contribution is 0.0516. The van der Waals surface area contributed by atoms with E-state index in [2.05, 4.69) is 38.6 Å². The Kier molecular flexibility index (Phi) is 19.9. The summed E-state index contributed by atoms with van der Waals surface area (Å²) in [5.74, 6) is 8.73. The summed E-state index contributed by atoms with van der Waals surface area (Å²) in [5, 5.41) is 18.4. The van der Waals surface area contributed by atoms with Crippen molar-refractivity contribution < 1.29 is 38.8 Å². The number of rotatable bonds is 6. The molecule has 0 atom stereocenters. The molecule has 0 bridgehead atoms. The van der Waals surface area contributed by atoms with Crippen molar-refractivity contribution in [2.24, 2.45) is 0 Å². The van der Waals surface area contributed by atoms with Crippen molar-refractivity contribution in [3.05, 3.63) is 88.2 Å². The molecule has 12 heteroatoms. The molecule has 0 aromatic carbocycles. The number of nitrogens with zero attached hydrogens (tertiary/aromatic N) is 3. The number of carbonyl (C=O) groups excluding carboxylic acids is 3. The van der Waals surface area contributed by atoms with Crippen LogP contribution < -0.4 is 0 Å². The monoisotopic (exact) mass is 677 g/mol. The maximum Gasteiger partial charge on any atom is 0.339 e. The third-order valence-electron chi connectivity index (χ3n) is 4.79. The Labute approximate surface area is 287 Å². The van der Waals surface area contributed by atoms with Crippen molar-refractivity contribution in [3.63, 3.8) is 0 Å². The molecule has 0 aliphatic rings. The molecule has 0 fully saturated rings. The molecular weight excluding hydrogens is 638 g/mol. The van der Waals surface area contributed by atoms with E-state index in [0.29, 0.717) is 53.1 Å². The van der Waals surface area contributed by atoms with Crippen molar-refractivity contribution >= 4 is 29.5 Å². The van der Waals surface area contributed by atoms with Crippen LogP contribution in [0.3, 0.4) is 0 Å². The van der Waals surface area contributed by atoms with Crippen LogP contribution in [0.5, 0.6) is 0 Å². The fraction of sp³-hybridized carbons (Fsp3) is 0.333. The van der Waals surface area contributed by atoms with E-state index in [9.17, 15) is 19.5 Å². The van der Waals surface area contributed by atoms with Crippen molar-refractivity contribution in [2.45, 2.75) is 59.7 Å². The van der Waals surface area contributed by atoms with Gasteiger partial charge >= 0.3 is 17.9 Å². The van der Waals surface area contributed by atoms with Crippen LogP contribution in [0.1, 0.15) is 90.9 Å². The van der Waals surface area contributed by atoms with E-state index in [4.69, 9.17) is 43.8 Å². The van der Waals surface area contributed by atoms with Crippen molar-refractivity contribution in [2.75, 3.05) is 19.8 Å². The molecule has 0 unspecified atom stereocenters. The maximum absolute atomic E-state index is 11.3. The van der Waals surface area contributed by atoms with E-state index < -0.39 is 17.2 Å². The number of pyridine rings is 3. The number of terminal acetylenes is 2. The summed E-state index contributed by atoms with van der Waals surface area (Å²) in [7, 11) is 0. The quantitative estimate of drug-likeness (QED) is 0.158. The normalized spacial score (nSPS) is 9.75. The van der Waals surface area contributed by atoms with Crippen LogP contribution in [-0.2, 0) is 14.2 Å². The molecular formula is C36H40ClN3O8. The van der Waals surface area contributed by atoms with E-state index >= 15 is 0 Å². The van der Waals surface area contributed by atoms with E-state index in [0.717, 1.165) is 0 Å². The Morgan fingerprint density at radius 1 is 0.688 bits per heavy atom. The Balaban J connectivity index is 0.000000645. The predicted molar refractivity (Wildman–Crippen MR) is 182 cm³/mol. The molecule has 0 amide bonds. The van der Waals surface area contributed by atoms with Crippen LogP contribution in [0.4, 0.5) is 0 Å². The van der Waals surface area contributed by atoms with Gasteiger partial charge in [-0.25, -0.2) is 29.3 Å². The minimum Gasteiger partial charge on any atom is -0.462 e. The van der Waals surface area contributed by atoms with Gasteiger partial charge in [-0.3, -0.25) is 0 Å². The fourth-order valence-electron chi connectivity index (χ4n) is 2.55. The molecule has 11 nitrogen and oxygen atoms in total. The maximum atomic E-state index is 11.3. The first-order valence-electron chi connectivity index (χ1n) is 14.5. The molecule has 0 saturated carbocycles. The van der Waals surface area contributed by atoms with Gasteiger partial charge in [-0.15, -0.1) is 12.8 Å².